The molecule has 2 rings (SSSR count). The highest BCUT2D eigenvalue weighted by Gasteiger charge is 2.49. The highest BCUT2D eigenvalue weighted by Crippen LogP contribution is 2.52. The second-order valence-corrected chi connectivity index (χ2v) is 3.26. The number of aliphatic hydroxyl groups is 1. The summed E-state index contributed by atoms with van der Waals surface area (Å²) in [6.45, 7) is 1.68. The van der Waals surface area contributed by atoms with Crippen LogP contribution in [0.4, 0.5) is 0 Å². The lowest BCUT2D eigenvalue weighted by atomic mass is 9.92. The van der Waals surface area contributed by atoms with E-state index in [1.165, 1.54) is 12.8 Å². The Morgan fingerprint density at radius 1 is 1.33 bits per heavy atom. The van der Waals surface area contributed by atoms with Crippen molar-refractivity contribution < 1.29 is 5.11 Å². The first-order valence-corrected chi connectivity index (χ1v) is 3.65. The van der Waals surface area contributed by atoms with Crippen LogP contribution in [-0.2, 0) is 0 Å². The zero-order chi connectivity index (χ0) is 6.32. The zero-order valence-electron chi connectivity index (χ0n) is 5.51. The van der Waals surface area contributed by atoms with Crippen LogP contribution in [0.1, 0.15) is 19.3 Å². The highest BCUT2D eigenvalue weighted by atomic mass is 16.3. The average Bonchev–Trinajstić information content (AvgIpc) is 2.60. The lowest BCUT2D eigenvalue weighted by Crippen LogP contribution is -2.37. The molecule has 0 amide bonds. The van der Waals surface area contributed by atoms with Gasteiger partial charge in [-0.25, -0.2) is 5.32 Å². The van der Waals surface area contributed by atoms with Crippen LogP contribution in [-0.4, -0.2) is 24.3 Å². The van der Waals surface area contributed by atoms with Crippen molar-refractivity contribution >= 4 is 0 Å². The Kier molecular flexibility index (Phi) is 1.08. The van der Waals surface area contributed by atoms with E-state index >= 15 is 0 Å². The minimum atomic E-state index is -0.105. The van der Waals surface area contributed by atoms with E-state index in [2.05, 4.69) is 5.32 Å². The van der Waals surface area contributed by atoms with E-state index in [1.807, 2.05) is 0 Å². The minimum Gasteiger partial charge on any atom is -0.391 e. The van der Waals surface area contributed by atoms with Gasteiger partial charge in [-0.15, -0.1) is 0 Å². The van der Waals surface area contributed by atoms with Gasteiger partial charge in [0, 0.05) is 13.1 Å². The van der Waals surface area contributed by atoms with E-state index in [0.29, 0.717) is 12.0 Å². The van der Waals surface area contributed by atoms with E-state index in [4.69, 9.17) is 0 Å². The van der Waals surface area contributed by atoms with Gasteiger partial charge in [0.25, 0.3) is 0 Å². The Morgan fingerprint density at radius 2 is 2.11 bits per heavy atom. The van der Waals surface area contributed by atoms with Crippen LogP contribution in [0.3, 0.4) is 0 Å². The molecule has 1 radical (unpaired) electrons. The molecule has 0 aromatic carbocycles. The molecule has 1 aliphatic carbocycles. The van der Waals surface area contributed by atoms with Crippen molar-refractivity contribution in [1.29, 1.82) is 0 Å². The van der Waals surface area contributed by atoms with E-state index in [0.717, 1.165) is 13.0 Å². The molecule has 2 fully saturated rings. The third-order valence-electron chi connectivity index (χ3n) is 2.67. The van der Waals surface area contributed by atoms with Gasteiger partial charge in [0.2, 0.25) is 0 Å². The van der Waals surface area contributed by atoms with Gasteiger partial charge in [0.15, 0.2) is 0 Å². The summed E-state index contributed by atoms with van der Waals surface area (Å²) in [5.74, 6) is 0. The molecule has 1 atom stereocenters. The molecule has 1 heterocycles. The molecular formula is C7H12NO. The summed E-state index contributed by atoms with van der Waals surface area (Å²) in [5.41, 5.74) is 0.349. The lowest BCUT2D eigenvalue weighted by molar-refractivity contribution is 0.0652. The second-order valence-electron chi connectivity index (χ2n) is 3.26. The maximum atomic E-state index is 9.41. The fourth-order valence-electron chi connectivity index (χ4n) is 1.62. The Hall–Kier alpha value is -0.0800. The molecule has 1 saturated carbocycles. The van der Waals surface area contributed by atoms with Gasteiger partial charge < -0.3 is 5.11 Å². The van der Waals surface area contributed by atoms with Gasteiger partial charge in [-0.2, -0.15) is 0 Å². The third-order valence-corrected chi connectivity index (χ3v) is 2.67. The average molecular weight is 126 g/mol. The maximum Gasteiger partial charge on any atom is 0.0737 e. The van der Waals surface area contributed by atoms with Crippen LogP contribution >= 0.6 is 0 Å². The number of hydrogen-bond donors (Lipinski definition) is 1. The van der Waals surface area contributed by atoms with Gasteiger partial charge in [-0.3, -0.25) is 0 Å². The van der Waals surface area contributed by atoms with Crippen molar-refractivity contribution in [2.24, 2.45) is 5.41 Å². The summed E-state index contributed by atoms with van der Waals surface area (Å²) in [6.07, 6.45) is 3.51. The predicted octanol–water partition coefficient (Wildman–Crippen LogP) is 0.136. The largest absolute Gasteiger partial charge is 0.391 e. The molecule has 2 aliphatic rings. The molecule has 0 aromatic heterocycles. The number of nitrogens with zero attached hydrogens (tertiary/aromatic N) is 1. The zero-order valence-corrected chi connectivity index (χ0v) is 5.51. The summed E-state index contributed by atoms with van der Waals surface area (Å²) in [7, 11) is 0. The van der Waals surface area contributed by atoms with Crippen molar-refractivity contribution in [2.75, 3.05) is 13.1 Å². The molecule has 1 saturated heterocycles. The Bertz CT molecular complexity index is 120. The van der Waals surface area contributed by atoms with Gasteiger partial charge >= 0.3 is 0 Å². The van der Waals surface area contributed by atoms with Crippen LogP contribution in [0.15, 0.2) is 0 Å². The second kappa shape index (κ2) is 1.70. The van der Waals surface area contributed by atoms with E-state index < -0.39 is 0 Å². The molecule has 0 unspecified atom stereocenters. The van der Waals surface area contributed by atoms with Crippen LogP contribution in [0, 0.1) is 5.41 Å². The van der Waals surface area contributed by atoms with E-state index in [-0.39, 0.29) is 6.10 Å². The van der Waals surface area contributed by atoms with E-state index in [9.17, 15) is 5.11 Å². The van der Waals surface area contributed by atoms with Gasteiger partial charge in [0.1, 0.15) is 0 Å². The molecule has 2 heteroatoms. The first-order chi connectivity index (χ1) is 4.33. The number of hydrogen-bond acceptors (Lipinski definition) is 1. The number of piperidine rings is 1. The van der Waals surface area contributed by atoms with Crippen LogP contribution in [0.5, 0.6) is 0 Å². The summed E-state index contributed by atoms with van der Waals surface area (Å²) < 4.78 is 0. The molecule has 0 aromatic rings. The maximum absolute atomic E-state index is 9.41. The van der Waals surface area contributed by atoms with Crippen molar-refractivity contribution in [1.82, 2.24) is 5.32 Å². The van der Waals surface area contributed by atoms with E-state index in [1.54, 1.807) is 0 Å². The summed E-state index contributed by atoms with van der Waals surface area (Å²) >= 11 is 0. The minimum absolute atomic E-state index is 0.105. The molecule has 1 N–H and O–H groups in total. The quantitative estimate of drug-likeness (QED) is 0.492. The first kappa shape index (κ1) is 5.69. The highest BCUT2D eigenvalue weighted by molar-refractivity contribution is 5.01. The third kappa shape index (κ3) is 0.775. The van der Waals surface area contributed by atoms with Crippen LogP contribution < -0.4 is 5.32 Å². The Labute approximate surface area is 55.3 Å². The smallest absolute Gasteiger partial charge is 0.0737 e. The normalized spacial score (nSPS) is 39.0. The van der Waals surface area contributed by atoms with Crippen molar-refractivity contribution in [2.45, 2.75) is 25.4 Å². The summed E-state index contributed by atoms with van der Waals surface area (Å²) in [6, 6.07) is 0. The SMILES string of the molecule is O[C@@H]1C[N]CCC12CC2. The first-order valence-electron chi connectivity index (χ1n) is 3.65. The summed E-state index contributed by atoms with van der Waals surface area (Å²) in [4.78, 5) is 0. The van der Waals surface area contributed by atoms with Crippen molar-refractivity contribution in [3.8, 4) is 0 Å². The fraction of sp³-hybridized carbons (Fsp3) is 1.00. The van der Waals surface area contributed by atoms with Crippen molar-refractivity contribution in [3.05, 3.63) is 0 Å². The monoisotopic (exact) mass is 126 g/mol. The molecule has 51 valence electrons. The number of aliphatic hydroxyl groups excluding tert-OH is 1. The molecule has 2 nitrogen and oxygen atoms in total. The summed E-state index contributed by atoms with van der Waals surface area (Å²) in [5, 5.41) is 13.5. The lowest BCUT2D eigenvalue weighted by Gasteiger charge is -2.26. The topological polar surface area (TPSA) is 34.3 Å². The predicted molar refractivity (Wildman–Crippen MR) is 34.2 cm³/mol. The van der Waals surface area contributed by atoms with Gasteiger partial charge in [0.05, 0.1) is 6.10 Å². The Morgan fingerprint density at radius 3 is 2.56 bits per heavy atom. The van der Waals surface area contributed by atoms with Gasteiger partial charge in [-0.05, 0) is 24.7 Å². The molecule has 9 heavy (non-hydrogen) atoms. The fourth-order valence-corrected chi connectivity index (χ4v) is 1.62. The standard InChI is InChI=1S/C7H12NO/c9-6-5-8-4-3-7(6)1-2-7/h6,9H,1-5H2/t6-/m1/s1. The van der Waals surface area contributed by atoms with Crippen molar-refractivity contribution in [3.63, 3.8) is 0 Å². The Balaban J connectivity index is 2.03. The molecule has 1 aliphatic heterocycles. The van der Waals surface area contributed by atoms with Crippen LogP contribution in [0.2, 0.25) is 0 Å². The van der Waals surface area contributed by atoms with Gasteiger partial charge in [-0.1, -0.05) is 0 Å². The molecule has 0 bridgehead atoms. The van der Waals surface area contributed by atoms with Crippen LogP contribution in [0.25, 0.3) is 0 Å². The number of rotatable bonds is 0. The molecular weight excluding hydrogens is 114 g/mol. The molecule has 1 spiro atoms.